The van der Waals surface area contributed by atoms with Crippen LogP contribution in [-0.4, -0.2) is 21.8 Å². The number of hydrogen-bond acceptors (Lipinski definition) is 2. The highest BCUT2D eigenvalue weighted by atomic mass is 28.3. The molecule has 1 aliphatic rings. The van der Waals surface area contributed by atoms with Gasteiger partial charge in [0.2, 0.25) is 0 Å². The predicted octanol–water partition coefficient (Wildman–Crippen LogP) is 6.84. The van der Waals surface area contributed by atoms with Crippen LogP contribution < -0.4 is 9.47 Å². The van der Waals surface area contributed by atoms with E-state index in [9.17, 15) is 13.2 Å². The van der Waals surface area contributed by atoms with Gasteiger partial charge in [-0.15, -0.1) is 13.2 Å². The normalized spacial score (nSPS) is 16.6. The highest BCUT2D eigenvalue weighted by Gasteiger charge is 2.31. The smallest absolute Gasteiger partial charge is 0.493 e. The van der Waals surface area contributed by atoms with Crippen LogP contribution in [0.25, 0.3) is 0 Å². The average molecular weight is 388 g/mol. The quantitative estimate of drug-likeness (QED) is 0.323. The fourth-order valence-corrected chi connectivity index (χ4v) is 6.57. The van der Waals surface area contributed by atoms with E-state index in [1.807, 2.05) is 0 Å². The standard InChI is InChI=1S/C20H30F3O2Si/c1-2-3-4-5-6-13-26-14-11-17(12-15-26)16-24-18-7-9-19(10-8-18)25-20(21,22)23/h7-10,17H,2-6,11-16H2,1H3. The maximum atomic E-state index is 12.1. The second-order valence-electron chi connectivity index (χ2n) is 7.19. The summed E-state index contributed by atoms with van der Waals surface area (Å²) in [4.78, 5) is 0. The molecule has 0 N–H and O–H groups in total. The van der Waals surface area contributed by atoms with Gasteiger partial charge in [0.15, 0.2) is 0 Å². The van der Waals surface area contributed by atoms with Crippen LogP contribution in [0.4, 0.5) is 13.2 Å². The van der Waals surface area contributed by atoms with Crippen molar-refractivity contribution in [2.24, 2.45) is 5.92 Å². The third-order valence-corrected chi connectivity index (χ3v) is 8.04. The maximum absolute atomic E-state index is 12.1. The third kappa shape index (κ3) is 8.47. The Balaban J connectivity index is 1.61. The number of benzene rings is 1. The zero-order valence-electron chi connectivity index (χ0n) is 15.6. The Morgan fingerprint density at radius 1 is 0.962 bits per heavy atom. The van der Waals surface area contributed by atoms with E-state index in [0.29, 0.717) is 18.3 Å². The van der Waals surface area contributed by atoms with Crippen LogP contribution in [0.5, 0.6) is 11.5 Å². The lowest BCUT2D eigenvalue weighted by molar-refractivity contribution is -0.274. The molecule has 0 spiro atoms. The number of rotatable bonds is 10. The highest BCUT2D eigenvalue weighted by molar-refractivity contribution is 6.58. The Labute approximate surface area is 156 Å². The van der Waals surface area contributed by atoms with Crippen LogP contribution in [0.2, 0.25) is 18.1 Å². The van der Waals surface area contributed by atoms with Gasteiger partial charge in [-0.2, -0.15) is 0 Å². The highest BCUT2D eigenvalue weighted by Crippen LogP contribution is 2.30. The molecule has 0 aliphatic carbocycles. The zero-order valence-corrected chi connectivity index (χ0v) is 16.6. The van der Waals surface area contributed by atoms with E-state index >= 15 is 0 Å². The molecule has 0 unspecified atom stereocenters. The predicted molar refractivity (Wildman–Crippen MR) is 100 cm³/mol. The van der Waals surface area contributed by atoms with Crippen molar-refractivity contribution >= 4 is 8.80 Å². The first-order valence-corrected chi connectivity index (χ1v) is 11.9. The van der Waals surface area contributed by atoms with E-state index in [1.54, 1.807) is 0 Å². The van der Waals surface area contributed by atoms with E-state index in [0.717, 1.165) is 0 Å². The van der Waals surface area contributed by atoms with Gasteiger partial charge < -0.3 is 9.47 Å². The molecule has 2 rings (SSSR count). The van der Waals surface area contributed by atoms with Crippen molar-refractivity contribution in [1.29, 1.82) is 0 Å². The Kier molecular flexibility index (Phi) is 8.82. The summed E-state index contributed by atoms with van der Waals surface area (Å²) in [5.41, 5.74) is 0. The summed E-state index contributed by atoms with van der Waals surface area (Å²) in [6, 6.07) is 9.88. The molecule has 1 fully saturated rings. The average Bonchev–Trinajstić information content (AvgIpc) is 2.61. The number of hydrogen-bond donors (Lipinski definition) is 0. The van der Waals surface area contributed by atoms with Crippen molar-refractivity contribution in [3.63, 3.8) is 0 Å². The van der Waals surface area contributed by atoms with Gasteiger partial charge in [-0.25, -0.2) is 0 Å². The summed E-state index contributed by atoms with van der Waals surface area (Å²) >= 11 is 0. The molecular formula is C20H30F3O2Si. The van der Waals surface area contributed by atoms with Crippen molar-refractivity contribution in [3.05, 3.63) is 24.3 Å². The molecule has 0 atom stereocenters. The van der Waals surface area contributed by atoms with E-state index in [1.165, 1.54) is 87.3 Å². The minimum atomic E-state index is -4.65. The number of ether oxygens (including phenoxy) is 2. The first-order valence-electron chi connectivity index (χ1n) is 9.78. The molecule has 0 amide bonds. The van der Waals surface area contributed by atoms with Gasteiger partial charge in [0.05, 0.1) is 6.61 Å². The van der Waals surface area contributed by atoms with Crippen LogP contribution in [0.3, 0.4) is 0 Å². The molecule has 147 valence electrons. The second-order valence-corrected chi connectivity index (χ2v) is 10.2. The molecule has 1 aromatic carbocycles. The van der Waals surface area contributed by atoms with Gasteiger partial charge in [-0.1, -0.05) is 57.2 Å². The molecule has 1 saturated heterocycles. The molecule has 1 heterocycles. The Morgan fingerprint density at radius 3 is 2.19 bits per heavy atom. The first-order chi connectivity index (χ1) is 12.5. The second kappa shape index (κ2) is 10.9. The minimum Gasteiger partial charge on any atom is -0.493 e. The van der Waals surface area contributed by atoms with Gasteiger partial charge in [0.25, 0.3) is 0 Å². The molecule has 2 nitrogen and oxygen atoms in total. The van der Waals surface area contributed by atoms with Gasteiger partial charge in [-0.3, -0.25) is 0 Å². The Morgan fingerprint density at radius 2 is 1.58 bits per heavy atom. The SMILES string of the molecule is CCCCCCC[Si]1CCC(COc2ccc(OC(F)(F)F)cc2)CC1. The molecule has 0 aromatic heterocycles. The van der Waals surface area contributed by atoms with Crippen LogP contribution in [0.15, 0.2) is 24.3 Å². The van der Waals surface area contributed by atoms with Crippen LogP contribution in [-0.2, 0) is 0 Å². The van der Waals surface area contributed by atoms with Crippen LogP contribution in [0, 0.1) is 5.92 Å². The molecule has 0 saturated carbocycles. The first kappa shape index (κ1) is 21.1. The van der Waals surface area contributed by atoms with Crippen molar-refractivity contribution in [2.45, 2.75) is 76.4 Å². The minimum absolute atomic E-state index is 0.151. The fraction of sp³-hybridized carbons (Fsp3) is 0.700. The molecule has 1 aromatic rings. The van der Waals surface area contributed by atoms with Gasteiger partial charge in [0.1, 0.15) is 11.5 Å². The van der Waals surface area contributed by atoms with Gasteiger partial charge >= 0.3 is 6.36 Å². The van der Waals surface area contributed by atoms with Crippen molar-refractivity contribution in [3.8, 4) is 11.5 Å². The number of alkyl halides is 3. The molecule has 1 radical (unpaired) electrons. The lowest BCUT2D eigenvalue weighted by Crippen LogP contribution is -2.24. The fourth-order valence-electron chi connectivity index (χ4n) is 3.43. The van der Waals surface area contributed by atoms with Crippen LogP contribution >= 0.6 is 0 Å². The Hall–Kier alpha value is -1.17. The van der Waals surface area contributed by atoms with Crippen molar-refractivity contribution < 1.29 is 22.6 Å². The van der Waals surface area contributed by atoms with E-state index in [4.69, 9.17) is 4.74 Å². The van der Waals surface area contributed by atoms with Gasteiger partial charge in [0, 0.05) is 8.80 Å². The van der Waals surface area contributed by atoms with E-state index < -0.39 is 6.36 Å². The summed E-state index contributed by atoms with van der Waals surface area (Å²) in [7, 11) is -0.151. The lowest BCUT2D eigenvalue weighted by atomic mass is 10.0. The van der Waals surface area contributed by atoms with E-state index in [2.05, 4.69) is 11.7 Å². The molecule has 0 bridgehead atoms. The third-order valence-electron chi connectivity index (χ3n) is 4.99. The summed E-state index contributed by atoms with van der Waals surface area (Å²) in [5.74, 6) is 0.968. The summed E-state index contributed by atoms with van der Waals surface area (Å²) in [6.45, 7) is 2.91. The van der Waals surface area contributed by atoms with Crippen LogP contribution in [0.1, 0.15) is 51.9 Å². The largest absolute Gasteiger partial charge is 0.573 e. The number of unbranched alkanes of at least 4 members (excludes halogenated alkanes) is 4. The maximum Gasteiger partial charge on any atom is 0.573 e. The Bertz CT molecular complexity index is 497. The van der Waals surface area contributed by atoms with Gasteiger partial charge in [-0.05, 0) is 43.0 Å². The molecular weight excluding hydrogens is 357 g/mol. The van der Waals surface area contributed by atoms with E-state index in [-0.39, 0.29) is 14.5 Å². The zero-order chi connectivity index (χ0) is 18.8. The molecule has 1 aliphatic heterocycles. The lowest BCUT2D eigenvalue weighted by Gasteiger charge is -2.27. The summed E-state index contributed by atoms with van der Waals surface area (Å²) in [6.07, 6.45) is 4.67. The number of halogens is 3. The summed E-state index contributed by atoms with van der Waals surface area (Å²) < 4.78 is 46.1. The molecule has 26 heavy (non-hydrogen) atoms. The van der Waals surface area contributed by atoms with Crippen molar-refractivity contribution in [2.75, 3.05) is 6.61 Å². The van der Waals surface area contributed by atoms with Crippen molar-refractivity contribution in [1.82, 2.24) is 0 Å². The topological polar surface area (TPSA) is 18.5 Å². The summed E-state index contributed by atoms with van der Waals surface area (Å²) in [5, 5.41) is 0. The molecule has 6 heteroatoms. The monoisotopic (exact) mass is 387 g/mol.